The van der Waals surface area contributed by atoms with Gasteiger partial charge in [-0.1, -0.05) is 12.1 Å². The van der Waals surface area contributed by atoms with E-state index in [4.69, 9.17) is 5.73 Å². The van der Waals surface area contributed by atoms with Crippen molar-refractivity contribution < 1.29 is 8.42 Å². The van der Waals surface area contributed by atoms with Gasteiger partial charge >= 0.3 is 0 Å². The fourth-order valence-corrected chi connectivity index (χ4v) is 2.72. The fourth-order valence-electron chi connectivity index (χ4n) is 1.41. The highest BCUT2D eigenvalue weighted by Crippen LogP contribution is 2.23. The summed E-state index contributed by atoms with van der Waals surface area (Å²) in [6.45, 7) is 0.423. The van der Waals surface area contributed by atoms with E-state index in [2.05, 4.69) is 4.98 Å². The highest BCUT2D eigenvalue weighted by molar-refractivity contribution is 7.90. The molecular formula is C11H12N2O2S2. The Morgan fingerprint density at radius 1 is 1.29 bits per heavy atom. The Kier molecular flexibility index (Phi) is 3.28. The zero-order valence-corrected chi connectivity index (χ0v) is 10.9. The number of sulfone groups is 1. The summed E-state index contributed by atoms with van der Waals surface area (Å²) in [6, 6.07) is 6.69. The van der Waals surface area contributed by atoms with E-state index in [1.807, 2.05) is 5.38 Å². The van der Waals surface area contributed by atoms with E-state index in [0.29, 0.717) is 11.4 Å². The molecule has 90 valence electrons. The maximum absolute atomic E-state index is 11.3. The summed E-state index contributed by atoms with van der Waals surface area (Å²) in [5, 5.41) is 2.78. The van der Waals surface area contributed by atoms with Crippen LogP contribution in [0.3, 0.4) is 0 Å². The number of nitrogens with two attached hydrogens (primary N) is 1. The van der Waals surface area contributed by atoms with Crippen molar-refractivity contribution in [3.05, 3.63) is 34.7 Å². The Morgan fingerprint density at radius 3 is 2.41 bits per heavy atom. The first-order valence-corrected chi connectivity index (χ1v) is 7.73. The summed E-state index contributed by atoms with van der Waals surface area (Å²) in [5.74, 6) is 0. The van der Waals surface area contributed by atoms with Crippen LogP contribution in [0.15, 0.2) is 34.5 Å². The minimum absolute atomic E-state index is 0.315. The molecule has 2 rings (SSSR count). The number of aromatic nitrogens is 1. The van der Waals surface area contributed by atoms with Crippen molar-refractivity contribution in [3.63, 3.8) is 0 Å². The third-order valence-corrected chi connectivity index (χ3v) is 4.30. The van der Waals surface area contributed by atoms with E-state index < -0.39 is 9.84 Å². The van der Waals surface area contributed by atoms with Gasteiger partial charge in [0, 0.05) is 23.7 Å². The van der Waals surface area contributed by atoms with Crippen molar-refractivity contribution >= 4 is 21.2 Å². The second-order valence-electron chi connectivity index (χ2n) is 3.63. The maximum Gasteiger partial charge on any atom is 0.175 e. The molecule has 0 fully saturated rings. The van der Waals surface area contributed by atoms with Crippen LogP contribution >= 0.6 is 11.3 Å². The first-order chi connectivity index (χ1) is 8.00. The van der Waals surface area contributed by atoms with Crippen molar-refractivity contribution in [1.82, 2.24) is 4.98 Å². The van der Waals surface area contributed by atoms with Gasteiger partial charge in [0.1, 0.15) is 5.01 Å². The molecule has 0 saturated carbocycles. The average molecular weight is 268 g/mol. The number of thiazole rings is 1. The molecule has 0 aliphatic heterocycles. The lowest BCUT2D eigenvalue weighted by Gasteiger charge is -2.00. The van der Waals surface area contributed by atoms with Crippen LogP contribution in [0.1, 0.15) is 5.01 Å². The van der Waals surface area contributed by atoms with Gasteiger partial charge in [0.2, 0.25) is 0 Å². The van der Waals surface area contributed by atoms with Crippen molar-refractivity contribution in [2.75, 3.05) is 6.26 Å². The third kappa shape index (κ3) is 2.71. The normalized spacial score (nSPS) is 11.6. The molecule has 0 aliphatic rings. The van der Waals surface area contributed by atoms with Crippen LogP contribution in [0.25, 0.3) is 11.3 Å². The van der Waals surface area contributed by atoms with Crippen LogP contribution in [0, 0.1) is 0 Å². The summed E-state index contributed by atoms with van der Waals surface area (Å²) in [4.78, 5) is 4.65. The zero-order chi connectivity index (χ0) is 12.5. The number of benzene rings is 1. The number of rotatable bonds is 3. The Balaban J connectivity index is 2.35. The molecule has 17 heavy (non-hydrogen) atoms. The summed E-state index contributed by atoms with van der Waals surface area (Å²) in [7, 11) is -3.14. The van der Waals surface area contributed by atoms with Gasteiger partial charge in [0.05, 0.1) is 10.6 Å². The standard InChI is InChI=1S/C11H12N2O2S2/c1-17(14,15)9-4-2-8(3-5-9)10-7-16-11(6-12)13-10/h2-5,7H,6,12H2,1H3. The number of nitrogens with zero attached hydrogens (tertiary/aromatic N) is 1. The topological polar surface area (TPSA) is 73.0 Å². The molecule has 0 saturated heterocycles. The molecule has 0 aliphatic carbocycles. The molecule has 0 spiro atoms. The van der Waals surface area contributed by atoms with Gasteiger partial charge in [-0.05, 0) is 12.1 Å². The Bertz CT molecular complexity index is 615. The summed E-state index contributed by atoms with van der Waals surface area (Å²) < 4.78 is 22.6. The van der Waals surface area contributed by atoms with Crippen LogP contribution in [0.4, 0.5) is 0 Å². The second-order valence-corrected chi connectivity index (χ2v) is 6.59. The van der Waals surface area contributed by atoms with Crippen molar-refractivity contribution in [2.24, 2.45) is 5.73 Å². The minimum atomic E-state index is -3.14. The van der Waals surface area contributed by atoms with E-state index in [-0.39, 0.29) is 0 Å². The van der Waals surface area contributed by atoms with E-state index in [1.54, 1.807) is 24.3 Å². The first-order valence-electron chi connectivity index (χ1n) is 4.95. The highest BCUT2D eigenvalue weighted by atomic mass is 32.2. The Labute approximate surface area is 104 Å². The van der Waals surface area contributed by atoms with Gasteiger partial charge in [0.15, 0.2) is 9.84 Å². The van der Waals surface area contributed by atoms with E-state index in [0.717, 1.165) is 16.3 Å². The summed E-state index contributed by atoms with van der Waals surface area (Å²) in [5.41, 5.74) is 7.22. The van der Waals surface area contributed by atoms with Crippen LogP contribution in [0.2, 0.25) is 0 Å². The lowest BCUT2D eigenvalue weighted by molar-refractivity contribution is 0.602. The van der Waals surface area contributed by atoms with Crippen LogP contribution < -0.4 is 5.73 Å². The SMILES string of the molecule is CS(=O)(=O)c1ccc(-c2csc(CN)n2)cc1. The summed E-state index contributed by atoms with van der Waals surface area (Å²) >= 11 is 1.50. The van der Waals surface area contributed by atoms with Gasteiger partial charge in [-0.3, -0.25) is 0 Å². The van der Waals surface area contributed by atoms with Gasteiger partial charge in [-0.15, -0.1) is 11.3 Å². The van der Waals surface area contributed by atoms with Gasteiger partial charge in [-0.25, -0.2) is 13.4 Å². The van der Waals surface area contributed by atoms with Crippen molar-refractivity contribution in [2.45, 2.75) is 11.4 Å². The quantitative estimate of drug-likeness (QED) is 0.919. The molecule has 0 unspecified atom stereocenters. The van der Waals surface area contributed by atoms with E-state index in [9.17, 15) is 8.42 Å². The molecule has 4 nitrogen and oxygen atoms in total. The van der Waals surface area contributed by atoms with Gasteiger partial charge in [0.25, 0.3) is 0 Å². The number of hydrogen-bond donors (Lipinski definition) is 1. The van der Waals surface area contributed by atoms with Crippen LogP contribution in [0.5, 0.6) is 0 Å². The highest BCUT2D eigenvalue weighted by Gasteiger charge is 2.08. The first kappa shape index (κ1) is 12.2. The predicted molar refractivity (Wildman–Crippen MR) is 68.6 cm³/mol. The smallest absolute Gasteiger partial charge is 0.175 e. The Morgan fingerprint density at radius 2 is 1.94 bits per heavy atom. The average Bonchev–Trinajstić information content (AvgIpc) is 2.76. The van der Waals surface area contributed by atoms with Crippen molar-refractivity contribution in [1.29, 1.82) is 0 Å². The van der Waals surface area contributed by atoms with Gasteiger partial charge in [-0.2, -0.15) is 0 Å². The second kappa shape index (κ2) is 4.56. The minimum Gasteiger partial charge on any atom is -0.325 e. The largest absolute Gasteiger partial charge is 0.325 e. The zero-order valence-electron chi connectivity index (χ0n) is 9.25. The molecule has 6 heteroatoms. The molecule has 1 heterocycles. The molecule has 1 aromatic heterocycles. The van der Waals surface area contributed by atoms with Crippen LogP contribution in [-0.4, -0.2) is 19.7 Å². The van der Waals surface area contributed by atoms with Gasteiger partial charge < -0.3 is 5.73 Å². The molecule has 0 radical (unpaired) electrons. The monoisotopic (exact) mass is 268 g/mol. The third-order valence-electron chi connectivity index (χ3n) is 2.30. The fraction of sp³-hybridized carbons (Fsp3) is 0.182. The Hall–Kier alpha value is -1.24. The predicted octanol–water partition coefficient (Wildman–Crippen LogP) is 1.67. The lowest BCUT2D eigenvalue weighted by atomic mass is 10.2. The molecule has 2 N–H and O–H groups in total. The molecule has 0 bridgehead atoms. The van der Waals surface area contributed by atoms with E-state index >= 15 is 0 Å². The molecule has 2 aromatic rings. The number of hydrogen-bond acceptors (Lipinski definition) is 5. The van der Waals surface area contributed by atoms with E-state index in [1.165, 1.54) is 17.6 Å². The van der Waals surface area contributed by atoms with Crippen LogP contribution in [-0.2, 0) is 16.4 Å². The molecule has 0 amide bonds. The lowest BCUT2D eigenvalue weighted by Crippen LogP contribution is -1.96. The molecular weight excluding hydrogens is 256 g/mol. The molecule has 0 atom stereocenters. The maximum atomic E-state index is 11.3. The van der Waals surface area contributed by atoms with Crippen molar-refractivity contribution in [3.8, 4) is 11.3 Å². The summed E-state index contributed by atoms with van der Waals surface area (Å²) in [6.07, 6.45) is 1.19. The molecule has 1 aromatic carbocycles.